The van der Waals surface area contributed by atoms with Gasteiger partial charge in [-0.1, -0.05) is 6.07 Å². The van der Waals surface area contributed by atoms with Gasteiger partial charge in [-0.2, -0.15) is 0 Å². The van der Waals surface area contributed by atoms with Crippen molar-refractivity contribution in [2.75, 3.05) is 5.32 Å². The van der Waals surface area contributed by atoms with Crippen LogP contribution in [0.3, 0.4) is 0 Å². The Hall–Kier alpha value is -2.30. The number of nitrogens with zero attached hydrogens (tertiary/aromatic N) is 1. The summed E-state index contributed by atoms with van der Waals surface area (Å²) in [5, 5.41) is 11.9. The van der Waals surface area contributed by atoms with Crippen LogP contribution in [0.5, 0.6) is 0 Å². The number of aromatic amines is 1. The number of anilines is 1. The van der Waals surface area contributed by atoms with Gasteiger partial charge in [-0.3, -0.25) is 0 Å². The van der Waals surface area contributed by atoms with Crippen LogP contribution in [0.2, 0.25) is 0 Å². The number of carbonyl (C=O) groups is 1. The lowest BCUT2D eigenvalue weighted by molar-refractivity contribution is 0.0697. The van der Waals surface area contributed by atoms with E-state index >= 15 is 0 Å². The molecule has 0 bridgehead atoms. The van der Waals surface area contributed by atoms with Crippen LogP contribution in [0, 0.1) is 0 Å². The lowest BCUT2D eigenvalue weighted by Gasteiger charge is -2.04. The number of nitrogens with one attached hydrogen (secondary N) is 2. The summed E-state index contributed by atoms with van der Waals surface area (Å²) < 4.78 is 0. The molecule has 5 heteroatoms. The quantitative estimate of drug-likeness (QED) is 0.728. The summed E-state index contributed by atoms with van der Waals surface area (Å²) in [5.41, 5.74) is 1.03. The molecule has 2 rings (SSSR count). The molecule has 0 aliphatic rings. The Labute approximate surface area is 92.2 Å². The number of rotatable bonds is 4. The van der Waals surface area contributed by atoms with Crippen molar-refractivity contribution in [1.29, 1.82) is 0 Å². The Morgan fingerprint density at radius 1 is 1.50 bits per heavy atom. The average molecular weight is 217 g/mol. The van der Waals surface area contributed by atoms with Crippen molar-refractivity contribution in [2.45, 2.75) is 6.54 Å². The number of aromatic carboxylic acids is 1. The van der Waals surface area contributed by atoms with Gasteiger partial charge in [0.1, 0.15) is 5.82 Å². The fourth-order valence-electron chi connectivity index (χ4n) is 1.34. The van der Waals surface area contributed by atoms with Gasteiger partial charge in [0.15, 0.2) is 0 Å². The topological polar surface area (TPSA) is 78.0 Å². The second-order valence-corrected chi connectivity index (χ2v) is 3.28. The predicted octanol–water partition coefficient (Wildman–Crippen LogP) is 1.72. The molecule has 0 radical (unpaired) electrons. The van der Waals surface area contributed by atoms with E-state index in [9.17, 15) is 4.79 Å². The zero-order chi connectivity index (χ0) is 11.4. The SMILES string of the molecule is O=C(O)c1cccc(NCc2ncc[nH]2)c1. The van der Waals surface area contributed by atoms with Crippen LogP contribution in [0.1, 0.15) is 16.2 Å². The van der Waals surface area contributed by atoms with E-state index in [-0.39, 0.29) is 5.56 Å². The summed E-state index contributed by atoms with van der Waals surface area (Å²) in [6.07, 6.45) is 3.41. The first-order valence-electron chi connectivity index (χ1n) is 4.81. The Morgan fingerprint density at radius 2 is 2.38 bits per heavy atom. The second-order valence-electron chi connectivity index (χ2n) is 3.28. The Kier molecular flexibility index (Phi) is 2.86. The Balaban J connectivity index is 2.04. The van der Waals surface area contributed by atoms with E-state index in [0.29, 0.717) is 6.54 Å². The molecule has 1 heterocycles. The van der Waals surface area contributed by atoms with E-state index in [1.165, 1.54) is 0 Å². The van der Waals surface area contributed by atoms with Gasteiger partial charge < -0.3 is 15.4 Å². The van der Waals surface area contributed by atoms with E-state index < -0.39 is 5.97 Å². The summed E-state index contributed by atoms with van der Waals surface area (Å²) in [6, 6.07) is 6.66. The summed E-state index contributed by atoms with van der Waals surface area (Å²) in [4.78, 5) is 17.7. The first kappa shape index (κ1) is 10.2. The summed E-state index contributed by atoms with van der Waals surface area (Å²) in [7, 11) is 0. The van der Waals surface area contributed by atoms with Crippen LogP contribution in [-0.4, -0.2) is 21.0 Å². The maximum absolute atomic E-state index is 10.7. The number of imidazole rings is 1. The predicted molar refractivity (Wildman–Crippen MR) is 59.3 cm³/mol. The van der Waals surface area contributed by atoms with Gasteiger partial charge in [-0.05, 0) is 18.2 Å². The summed E-state index contributed by atoms with van der Waals surface area (Å²) in [6.45, 7) is 0.538. The third-order valence-electron chi connectivity index (χ3n) is 2.12. The molecule has 0 unspecified atom stereocenters. The number of hydrogen-bond acceptors (Lipinski definition) is 3. The van der Waals surface area contributed by atoms with Crippen molar-refractivity contribution in [3.63, 3.8) is 0 Å². The van der Waals surface area contributed by atoms with Gasteiger partial charge in [0.2, 0.25) is 0 Å². The smallest absolute Gasteiger partial charge is 0.335 e. The van der Waals surface area contributed by atoms with Crippen molar-refractivity contribution in [2.24, 2.45) is 0 Å². The molecule has 0 aliphatic carbocycles. The zero-order valence-electron chi connectivity index (χ0n) is 8.47. The van der Waals surface area contributed by atoms with Gasteiger partial charge in [-0.15, -0.1) is 0 Å². The van der Waals surface area contributed by atoms with Crippen LogP contribution >= 0.6 is 0 Å². The van der Waals surface area contributed by atoms with Crippen LogP contribution < -0.4 is 5.32 Å². The lowest BCUT2D eigenvalue weighted by atomic mass is 10.2. The van der Waals surface area contributed by atoms with Crippen molar-refractivity contribution < 1.29 is 9.90 Å². The highest BCUT2D eigenvalue weighted by Gasteiger charge is 2.02. The highest BCUT2D eigenvalue weighted by atomic mass is 16.4. The highest BCUT2D eigenvalue weighted by molar-refractivity contribution is 5.88. The normalized spacial score (nSPS) is 10.0. The molecule has 2 aromatic rings. The van der Waals surface area contributed by atoms with Gasteiger partial charge in [0, 0.05) is 18.1 Å². The number of hydrogen-bond donors (Lipinski definition) is 3. The minimum absolute atomic E-state index is 0.268. The third kappa shape index (κ3) is 2.38. The van der Waals surface area contributed by atoms with Crippen molar-refractivity contribution in [1.82, 2.24) is 9.97 Å². The molecule has 0 spiro atoms. The molecule has 0 saturated carbocycles. The van der Waals surface area contributed by atoms with Gasteiger partial charge in [0.05, 0.1) is 12.1 Å². The third-order valence-corrected chi connectivity index (χ3v) is 2.12. The van der Waals surface area contributed by atoms with E-state index in [4.69, 9.17) is 5.11 Å². The molecule has 1 aromatic heterocycles. The molecule has 1 aromatic carbocycles. The van der Waals surface area contributed by atoms with Gasteiger partial charge >= 0.3 is 5.97 Å². The molecule has 82 valence electrons. The van der Waals surface area contributed by atoms with Crippen molar-refractivity contribution >= 4 is 11.7 Å². The maximum Gasteiger partial charge on any atom is 0.335 e. The van der Waals surface area contributed by atoms with Crippen LogP contribution in [-0.2, 0) is 6.54 Å². The van der Waals surface area contributed by atoms with Crippen molar-refractivity contribution in [3.05, 3.63) is 48.0 Å². The second kappa shape index (κ2) is 4.48. The molecular formula is C11H11N3O2. The Bertz CT molecular complexity index is 480. The fourth-order valence-corrected chi connectivity index (χ4v) is 1.34. The molecule has 0 aliphatic heterocycles. The number of benzene rings is 1. The van der Waals surface area contributed by atoms with E-state index in [1.807, 2.05) is 6.07 Å². The average Bonchev–Trinajstić information content (AvgIpc) is 2.79. The van der Waals surface area contributed by atoms with Crippen molar-refractivity contribution in [3.8, 4) is 0 Å². The molecule has 16 heavy (non-hydrogen) atoms. The fraction of sp³-hybridized carbons (Fsp3) is 0.0909. The number of H-pyrrole nitrogens is 1. The first-order chi connectivity index (χ1) is 7.75. The maximum atomic E-state index is 10.7. The van der Waals surface area contributed by atoms with E-state index in [1.54, 1.807) is 30.6 Å². The number of carboxylic acid groups (broad SMARTS) is 1. The summed E-state index contributed by atoms with van der Waals surface area (Å²) in [5.74, 6) is -0.123. The number of aromatic nitrogens is 2. The first-order valence-corrected chi connectivity index (χ1v) is 4.81. The van der Waals surface area contributed by atoms with E-state index in [0.717, 1.165) is 11.5 Å². The molecule has 0 saturated heterocycles. The molecule has 0 fully saturated rings. The zero-order valence-corrected chi connectivity index (χ0v) is 8.47. The number of carboxylic acids is 1. The monoisotopic (exact) mass is 217 g/mol. The van der Waals surface area contributed by atoms with Crippen LogP contribution in [0.25, 0.3) is 0 Å². The van der Waals surface area contributed by atoms with E-state index in [2.05, 4.69) is 15.3 Å². The molecule has 0 amide bonds. The molecule has 3 N–H and O–H groups in total. The lowest BCUT2D eigenvalue weighted by Crippen LogP contribution is -2.03. The summed E-state index contributed by atoms with van der Waals surface area (Å²) >= 11 is 0. The molecular weight excluding hydrogens is 206 g/mol. The minimum Gasteiger partial charge on any atom is -0.478 e. The van der Waals surface area contributed by atoms with Crippen LogP contribution in [0.4, 0.5) is 5.69 Å². The van der Waals surface area contributed by atoms with Crippen LogP contribution in [0.15, 0.2) is 36.7 Å². The van der Waals surface area contributed by atoms with Gasteiger partial charge in [0.25, 0.3) is 0 Å². The minimum atomic E-state index is -0.929. The standard InChI is InChI=1S/C11H11N3O2/c15-11(16)8-2-1-3-9(6-8)14-7-10-12-4-5-13-10/h1-6,14H,7H2,(H,12,13)(H,15,16). The largest absolute Gasteiger partial charge is 0.478 e. The Morgan fingerprint density at radius 3 is 3.06 bits per heavy atom. The molecule has 5 nitrogen and oxygen atoms in total. The molecule has 0 atom stereocenters. The highest BCUT2D eigenvalue weighted by Crippen LogP contribution is 2.11. The van der Waals surface area contributed by atoms with Gasteiger partial charge in [-0.25, -0.2) is 9.78 Å².